The summed E-state index contributed by atoms with van der Waals surface area (Å²) in [5.74, 6) is 1.00. The topological polar surface area (TPSA) is 21.3 Å². The van der Waals surface area contributed by atoms with Crippen LogP contribution in [0.1, 0.15) is 12.5 Å². The van der Waals surface area contributed by atoms with Crippen molar-refractivity contribution in [3.8, 4) is 5.75 Å². The molecule has 1 aromatic rings. The minimum Gasteiger partial charge on any atom is -0.496 e. The van der Waals surface area contributed by atoms with Crippen molar-refractivity contribution in [1.29, 1.82) is 0 Å². The van der Waals surface area contributed by atoms with Gasteiger partial charge in [0.05, 0.1) is 7.11 Å². The average Bonchev–Trinajstić information content (AvgIpc) is 2.44. The highest BCUT2D eigenvalue weighted by Gasteiger charge is 2.19. The summed E-state index contributed by atoms with van der Waals surface area (Å²) in [6, 6.07) is 6.67. The van der Waals surface area contributed by atoms with Crippen LogP contribution < -0.4 is 10.1 Å². The Bertz CT molecular complexity index is 296. The molecule has 64 valence electrons. The predicted octanol–water partition coefficient (Wildman–Crippen LogP) is 2.05. The first-order valence-corrected chi connectivity index (χ1v) is 4.23. The highest BCUT2D eigenvalue weighted by molar-refractivity contribution is 5.62. The molecule has 1 aliphatic heterocycles. The molecule has 1 heterocycles. The van der Waals surface area contributed by atoms with Crippen LogP contribution in [-0.2, 0) is 6.42 Å². The number of benzene rings is 1. The van der Waals surface area contributed by atoms with Crippen molar-refractivity contribution in [3.63, 3.8) is 0 Å². The second-order valence-corrected chi connectivity index (χ2v) is 3.24. The van der Waals surface area contributed by atoms with E-state index in [-0.39, 0.29) is 0 Å². The fourth-order valence-corrected chi connectivity index (χ4v) is 1.73. The van der Waals surface area contributed by atoms with Crippen LogP contribution >= 0.6 is 0 Å². The monoisotopic (exact) mass is 163 g/mol. The molecule has 2 rings (SSSR count). The second-order valence-electron chi connectivity index (χ2n) is 3.24. The molecule has 1 N–H and O–H groups in total. The lowest BCUT2D eigenvalue weighted by Gasteiger charge is -2.04. The molecule has 1 aromatic carbocycles. The second kappa shape index (κ2) is 2.70. The molecule has 1 unspecified atom stereocenters. The summed E-state index contributed by atoms with van der Waals surface area (Å²) in [5, 5.41) is 3.39. The molecule has 0 saturated heterocycles. The van der Waals surface area contributed by atoms with E-state index in [2.05, 4.69) is 18.3 Å². The van der Waals surface area contributed by atoms with E-state index in [0.29, 0.717) is 6.04 Å². The van der Waals surface area contributed by atoms with Crippen LogP contribution in [-0.4, -0.2) is 13.2 Å². The molecule has 0 radical (unpaired) electrons. The van der Waals surface area contributed by atoms with E-state index in [1.54, 1.807) is 7.11 Å². The highest BCUT2D eigenvalue weighted by atomic mass is 16.5. The Kier molecular flexibility index (Phi) is 1.68. The first kappa shape index (κ1) is 7.47. The number of methoxy groups -OCH3 is 1. The van der Waals surface area contributed by atoms with Gasteiger partial charge in [0.2, 0.25) is 0 Å². The molecule has 0 aromatic heterocycles. The summed E-state index contributed by atoms with van der Waals surface area (Å²) < 4.78 is 5.27. The summed E-state index contributed by atoms with van der Waals surface area (Å²) >= 11 is 0. The zero-order chi connectivity index (χ0) is 8.55. The van der Waals surface area contributed by atoms with E-state index >= 15 is 0 Å². The van der Waals surface area contributed by atoms with E-state index in [1.165, 1.54) is 11.3 Å². The molecule has 2 heteroatoms. The van der Waals surface area contributed by atoms with E-state index in [4.69, 9.17) is 4.74 Å². The van der Waals surface area contributed by atoms with E-state index in [1.807, 2.05) is 12.1 Å². The first-order valence-electron chi connectivity index (χ1n) is 4.23. The summed E-state index contributed by atoms with van der Waals surface area (Å²) in [6.45, 7) is 2.18. The molecule has 0 aliphatic carbocycles. The predicted molar refractivity (Wildman–Crippen MR) is 49.8 cm³/mol. The normalized spacial score (nSPS) is 20.0. The molecule has 1 aliphatic rings. The quantitative estimate of drug-likeness (QED) is 0.684. The van der Waals surface area contributed by atoms with Crippen molar-refractivity contribution in [3.05, 3.63) is 23.8 Å². The van der Waals surface area contributed by atoms with Crippen molar-refractivity contribution in [1.82, 2.24) is 0 Å². The maximum Gasteiger partial charge on any atom is 0.124 e. The lowest BCUT2D eigenvalue weighted by Crippen LogP contribution is -2.08. The minimum absolute atomic E-state index is 0.538. The highest BCUT2D eigenvalue weighted by Crippen LogP contribution is 2.32. The number of hydrogen-bond acceptors (Lipinski definition) is 2. The van der Waals surface area contributed by atoms with Crippen molar-refractivity contribution < 1.29 is 4.74 Å². The molecule has 0 amide bonds. The zero-order valence-electron chi connectivity index (χ0n) is 7.42. The van der Waals surface area contributed by atoms with Crippen LogP contribution in [0.3, 0.4) is 0 Å². The number of hydrogen-bond donors (Lipinski definition) is 1. The maximum absolute atomic E-state index is 5.27. The lowest BCUT2D eigenvalue weighted by atomic mass is 10.1. The Morgan fingerprint density at radius 2 is 2.33 bits per heavy atom. The smallest absolute Gasteiger partial charge is 0.124 e. The molecule has 0 saturated carbocycles. The Balaban J connectivity index is 2.44. The maximum atomic E-state index is 5.27. The van der Waals surface area contributed by atoms with Gasteiger partial charge in [-0.25, -0.2) is 0 Å². The first-order chi connectivity index (χ1) is 5.81. The average molecular weight is 163 g/mol. The van der Waals surface area contributed by atoms with Crippen molar-refractivity contribution in [2.75, 3.05) is 12.4 Å². The van der Waals surface area contributed by atoms with Gasteiger partial charge in [-0.3, -0.25) is 0 Å². The fourth-order valence-electron chi connectivity index (χ4n) is 1.73. The number of fused-ring (bicyclic) bond motifs is 1. The molecular weight excluding hydrogens is 150 g/mol. The number of anilines is 1. The minimum atomic E-state index is 0.538. The van der Waals surface area contributed by atoms with Gasteiger partial charge in [-0.1, -0.05) is 6.07 Å². The fraction of sp³-hybridized carbons (Fsp3) is 0.400. The molecule has 0 fully saturated rings. The van der Waals surface area contributed by atoms with E-state index in [9.17, 15) is 0 Å². The van der Waals surface area contributed by atoms with Gasteiger partial charge in [0.15, 0.2) is 0 Å². The van der Waals surface area contributed by atoms with Crippen molar-refractivity contribution in [2.24, 2.45) is 0 Å². The third-order valence-corrected chi connectivity index (χ3v) is 2.27. The lowest BCUT2D eigenvalue weighted by molar-refractivity contribution is 0.410. The zero-order valence-corrected chi connectivity index (χ0v) is 7.42. The van der Waals surface area contributed by atoms with Gasteiger partial charge in [-0.2, -0.15) is 0 Å². The summed E-state index contributed by atoms with van der Waals surface area (Å²) in [7, 11) is 1.72. The molecule has 12 heavy (non-hydrogen) atoms. The summed E-state index contributed by atoms with van der Waals surface area (Å²) in [6.07, 6.45) is 1.07. The van der Waals surface area contributed by atoms with Gasteiger partial charge in [0, 0.05) is 17.3 Å². The van der Waals surface area contributed by atoms with Gasteiger partial charge >= 0.3 is 0 Å². The van der Waals surface area contributed by atoms with Gasteiger partial charge < -0.3 is 10.1 Å². The van der Waals surface area contributed by atoms with Gasteiger partial charge in [-0.05, 0) is 25.5 Å². The van der Waals surface area contributed by atoms with E-state index in [0.717, 1.165) is 12.2 Å². The standard InChI is InChI=1S/C10H13NO/c1-7-6-8-9(11-7)4-3-5-10(8)12-2/h3-5,7,11H,6H2,1-2H3. The summed E-state index contributed by atoms with van der Waals surface area (Å²) in [5.41, 5.74) is 2.54. The van der Waals surface area contributed by atoms with Crippen LogP contribution in [0.2, 0.25) is 0 Å². The van der Waals surface area contributed by atoms with Gasteiger partial charge in [0.25, 0.3) is 0 Å². The number of rotatable bonds is 1. The molecule has 1 atom stereocenters. The molecule has 0 spiro atoms. The number of nitrogens with one attached hydrogen (secondary N) is 1. The third-order valence-electron chi connectivity index (χ3n) is 2.27. The molecule has 0 bridgehead atoms. The Morgan fingerprint density at radius 1 is 1.50 bits per heavy atom. The summed E-state index contributed by atoms with van der Waals surface area (Å²) in [4.78, 5) is 0. The van der Waals surface area contributed by atoms with Crippen LogP contribution in [0.15, 0.2) is 18.2 Å². The van der Waals surface area contributed by atoms with Crippen molar-refractivity contribution in [2.45, 2.75) is 19.4 Å². The van der Waals surface area contributed by atoms with Crippen LogP contribution in [0, 0.1) is 0 Å². The van der Waals surface area contributed by atoms with Crippen LogP contribution in [0.4, 0.5) is 5.69 Å². The van der Waals surface area contributed by atoms with Crippen molar-refractivity contribution >= 4 is 5.69 Å². The largest absolute Gasteiger partial charge is 0.496 e. The third kappa shape index (κ3) is 1.04. The molecular formula is C10H13NO. The Labute approximate surface area is 72.5 Å². The van der Waals surface area contributed by atoms with Gasteiger partial charge in [-0.15, -0.1) is 0 Å². The Hall–Kier alpha value is -1.18. The molecule has 2 nitrogen and oxygen atoms in total. The van der Waals surface area contributed by atoms with Gasteiger partial charge in [0.1, 0.15) is 5.75 Å². The van der Waals surface area contributed by atoms with Crippen LogP contribution in [0.5, 0.6) is 5.75 Å². The SMILES string of the molecule is COc1cccc2c1CC(C)N2. The van der Waals surface area contributed by atoms with E-state index < -0.39 is 0 Å². The number of ether oxygens (including phenoxy) is 1. The Morgan fingerprint density at radius 3 is 3.08 bits per heavy atom. The van der Waals surface area contributed by atoms with Crippen LogP contribution in [0.25, 0.3) is 0 Å².